The van der Waals surface area contributed by atoms with Crippen LogP contribution >= 0.6 is 0 Å². The molecule has 1 heterocycles. The number of nitrogens with zero attached hydrogens (tertiary/aromatic N) is 2. The number of hydrogen-bond donors (Lipinski definition) is 2. The molecule has 21 heavy (non-hydrogen) atoms. The van der Waals surface area contributed by atoms with Crippen LogP contribution in [0.3, 0.4) is 0 Å². The van der Waals surface area contributed by atoms with Gasteiger partial charge in [0.15, 0.2) is 12.4 Å². The van der Waals surface area contributed by atoms with Crippen molar-refractivity contribution in [2.75, 3.05) is 0 Å². The Kier molecular flexibility index (Phi) is 6.91. The van der Waals surface area contributed by atoms with E-state index >= 15 is 0 Å². The molecule has 0 atom stereocenters. The molecule has 5 nitrogen and oxygen atoms in total. The molecule has 1 aromatic carbocycles. The van der Waals surface area contributed by atoms with Crippen LogP contribution in [0.15, 0.2) is 60.0 Å². The van der Waals surface area contributed by atoms with Gasteiger partial charge in [-0.15, -0.1) is 0 Å². The Morgan fingerprint density at radius 2 is 2.00 bits per heavy atom. The summed E-state index contributed by atoms with van der Waals surface area (Å²) in [5.41, 5.74) is 1.79. The SMILES string of the molecule is O=C(C[n+]1cccc(/C=N/O)c1)NCc1ccccc1.[Cl-]. The quantitative estimate of drug-likeness (QED) is 0.293. The van der Waals surface area contributed by atoms with Gasteiger partial charge in [-0.3, -0.25) is 4.79 Å². The minimum atomic E-state index is -0.0723. The first-order valence-electron chi connectivity index (χ1n) is 6.25. The molecule has 110 valence electrons. The van der Waals surface area contributed by atoms with Crippen LogP contribution < -0.4 is 22.3 Å². The number of hydrogen-bond acceptors (Lipinski definition) is 3. The second-order valence-corrected chi connectivity index (χ2v) is 4.32. The molecular formula is C15H16ClN3O2. The molecule has 1 amide bonds. The third-order valence-electron chi connectivity index (χ3n) is 2.75. The molecular weight excluding hydrogens is 290 g/mol. The molecule has 0 spiro atoms. The molecule has 0 bridgehead atoms. The van der Waals surface area contributed by atoms with E-state index in [0.717, 1.165) is 11.1 Å². The molecule has 0 aliphatic rings. The molecule has 2 aromatic rings. The molecule has 1 aromatic heterocycles. The van der Waals surface area contributed by atoms with Gasteiger partial charge in [-0.25, -0.2) is 0 Å². The van der Waals surface area contributed by atoms with Crippen LogP contribution in [0.1, 0.15) is 11.1 Å². The largest absolute Gasteiger partial charge is 1.00 e. The summed E-state index contributed by atoms with van der Waals surface area (Å²) < 4.78 is 1.73. The minimum Gasteiger partial charge on any atom is -1.00 e. The number of carbonyl (C=O) groups excluding carboxylic acids is 1. The number of pyridine rings is 1. The fourth-order valence-corrected chi connectivity index (χ4v) is 1.80. The molecule has 2 rings (SSSR count). The molecule has 6 heteroatoms. The number of oxime groups is 1. The van der Waals surface area contributed by atoms with E-state index in [1.807, 2.05) is 30.3 Å². The third kappa shape index (κ3) is 5.62. The van der Waals surface area contributed by atoms with Gasteiger partial charge in [-0.2, -0.15) is 4.57 Å². The van der Waals surface area contributed by atoms with E-state index in [-0.39, 0.29) is 24.9 Å². The van der Waals surface area contributed by atoms with E-state index in [4.69, 9.17) is 5.21 Å². The van der Waals surface area contributed by atoms with Gasteiger partial charge in [0, 0.05) is 12.6 Å². The van der Waals surface area contributed by atoms with E-state index in [9.17, 15) is 4.79 Å². The van der Waals surface area contributed by atoms with Crippen LogP contribution in [0.4, 0.5) is 0 Å². The van der Waals surface area contributed by atoms with E-state index in [2.05, 4.69) is 10.5 Å². The number of halogens is 1. The Balaban J connectivity index is 0.00000220. The van der Waals surface area contributed by atoms with Crippen LogP contribution in [0.5, 0.6) is 0 Å². The average molecular weight is 306 g/mol. The van der Waals surface area contributed by atoms with Crippen LogP contribution in [-0.4, -0.2) is 17.3 Å². The second kappa shape index (κ2) is 8.71. The normalized spacial score (nSPS) is 10.1. The van der Waals surface area contributed by atoms with Crippen LogP contribution in [-0.2, 0) is 17.9 Å². The number of rotatable bonds is 5. The highest BCUT2D eigenvalue weighted by Gasteiger charge is 2.09. The first-order chi connectivity index (χ1) is 9.78. The number of benzene rings is 1. The monoisotopic (exact) mass is 305 g/mol. The average Bonchev–Trinajstić information content (AvgIpc) is 2.47. The summed E-state index contributed by atoms with van der Waals surface area (Å²) in [5, 5.41) is 14.3. The van der Waals surface area contributed by atoms with E-state index in [0.29, 0.717) is 6.54 Å². The number of amides is 1. The van der Waals surface area contributed by atoms with Gasteiger partial charge in [0.1, 0.15) is 0 Å². The number of carbonyl (C=O) groups is 1. The maximum atomic E-state index is 11.8. The van der Waals surface area contributed by atoms with Crippen molar-refractivity contribution in [3.8, 4) is 0 Å². The summed E-state index contributed by atoms with van der Waals surface area (Å²) in [6, 6.07) is 13.3. The minimum absolute atomic E-state index is 0. The molecule has 0 saturated heterocycles. The van der Waals surface area contributed by atoms with Crippen LogP contribution in [0, 0.1) is 0 Å². The smallest absolute Gasteiger partial charge is 0.286 e. The summed E-state index contributed by atoms with van der Waals surface area (Å²) in [4.78, 5) is 11.8. The Morgan fingerprint density at radius 1 is 1.24 bits per heavy atom. The number of aromatic nitrogens is 1. The fourth-order valence-electron chi connectivity index (χ4n) is 1.80. The van der Waals surface area contributed by atoms with Crippen molar-refractivity contribution in [3.63, 3.8) is 0 Å². The summed E-state index contributed by atoms with van der Waals surface area (Å²) in [5.74, 6) is -0.0723. The molecule has 0 unspecified atom stereocenters. The van der Waals surface area contributed by atoms with Gasteiger partial charge < -0.3 is 22.9 Å². The maximum absolute atomic E-state index is 11.8. The summed E-state index contributed by atoms with van der Waals surface area (Å²) >= 11 is 0. The van der Waals surface area contributed by atoms with Crippen molar-refractivity contribution in [2.24, 2.45) is 5.16 Å². The first kappa shape index (κ1) is 16.7. The lowest BCUT2D eigenvalue weighted by Crippen LogP contribution is -3.00. The van der Waals surface area contributed by atoms with Gasteiger partial charge in [0.05, 0.1) is 11.8 Å². The number of nitrogens with one attached hydrogen (secondary N) is 1. The molecule has 2 N–H and O–H groups in total. The standard InChI is InChI=1S/C15H15N3O2.ClH/c19-15(16-9-13-5-2-1-3-6-13)12-18-8-4-7-14(11-18)10-17-20;/h1-8,10-11H,9,12H2,(H-,16,19,20);1H/b17-10+;. The zero-order valence-electron chi connectivity index (χ0n) is 11.3. The summed E-state index contributed by atoms with van der Waals surface area (Å²) in [6.07, 6.45) is 4.84. The van der Waals surface area contributed by atoms with Crippen molar-refractivity contribution in [1.82, 2.24) is 5.32 Å². The highest BCUT2D eigenvalue weighted by Crippen LogP contribution is 1.97. The predicted octanol–water partition coefficient (Wildman–Crippen LogP) is -1.90. The zero-order valence-corrected chi connectivity index (χ0v) is 12.1. The predicted molar refractivity (Wildman–Crippen MR) is 74.3 cm³/mol. The third-order valence-corrected chi connectivity index (χ3v) is 2.75. The molecule has 0 aliphatic heterocycles. The van der Waals surface area contributed by atoms with Crippen molar-refractivity contribution < 1.29 is 27.0 Å². The molecule has 0 aliphatic carbocycles. The first-order valence-corrected chi connectivity index (χ1v) is 6.25. The van der Waals surface area contributed by atoms with E-state index in [1.54, 1.807) is 29.1 Å². The lowest BCUT2D eigenvalue weighted by atomic mass is 10.2. The Hall–Kier alpha value is -2.40. The molecule has 0 saturated carbocycles. The topological polar surface area (TPSA) is 65.6 Å². The van der Waals surface area contributed by atoms with Crippen molar-refractivity contribution >= 4 is 12.1 Å². The van der Waals surface area contributed by atoms with Crippen molar-refractivity contribution in [1.29, 1.82) is 0 Å². The highest BCUT2D eigenvalue weighted by atomic mass is 35.5. The Labute approximate surface area is 129 Å². The lowest BCUT2D eigenvalue weighted by molar-refractivity contribution is -0.684. The lowest BCUT2D eigenvalue weighted by Gasteiger charge is -2.03. The maximum Gasteiger partial charge on any atom is 0.286 e. The molecule has 0 fully saturated rings. The summed E-state index contributed by atoms with van der Waals surface area (Å²) in [6.45, 7) is 0.734. The van der Waals surface area contributed by atoms with Crippen LogP contribution in [0.25, 0.3) is 0 Å². The van der Waals surface area contributed by atoms with Gasteiger partial charge in [0.2, 0.25) is 6.54 Å². The summed E-state index contributed by atoms with van der Waals surface area (Å²) in [7, 11) is 0. The van der Waals surface area contributed by atoms with Crippen molar-refractivity contribution in [2.45, 2.75) is 13.1 Å². The zero-order chi connectivity index (χ0) is 14.2. The van der Waals surface area contributed by atoms with Gasteiger partial charge in [-0.1, -0.05) is 35.5 Å². The Bertz CT molecular complexity index is 603. The second-order valence-electron chi connectivity index (χ2n) is 4.32. The van der Waals surface area contributed by atoms with E-state index < -0.39 is 0 Å². The van der Waals surface area contributed by atoms with Gasteiger partial charge in [0.25, 0.3) is 5.91 Å². The Morgan fingerprint density at radius 3 is 2.71 bits per heavy atom. The van der Waals surface area contributed by atoms with Crippen LogP contribution in [0.2, 0.25) is 0 Å². The molecule has 0 radical (unpaired) electrons. The van der Waals surface area contributed by atoms with Gasteiger partial charge in [-0.05, 0) is 11.6 Å². The highest BCUT2D eigenvalue weighted by molar-refractivity contribution is 5.78. The fraction of sp³-hybridized carbons (Fsp3) is 0.133. The van der Waals surface area contributed by atoms with E-state index in [1.165, 1.54) is 6.21 Å². The van der Waals surface area contributed by atoms with Gasteiger partial charge >= 0.3 is 0 Å². The van der Waals surface area contributed by atoms with Crippen molar-refractivity contribution in [3.05, 3.63) is 66.0 Å².